The van der Waals surface area contributed by atoms with Crippen LogP contribution in [0.4, 0.5) is 0 Å². The molecule has 0 bridgehead atoms. The zero-order chi connectivity index (χ0) is 10.4. The SMILES string of the molecule is CCc1ccc(C(=S)N/N=C/N)cc1. The summed E-state index contributed by atoms with van der Waals surface area (Å²) in [6.45, 7) is 2.12. The van der Waals surface area contributed by atoms with Crippen molar-refractivity contribution in [3.05, 3.63) is 35.4 Å². The molecule has 3 nitrogen and oxygen atoms in total. The van der Waals surface area contributed by atoms with Crippen LogP contribution in [0.25, 0.3) is 0 Å². The molecule has 0 atom stereocenters. The Morgan fingerprint density at radius 3 is 2.64 bits per heavy atom. The van der Waals surface area contributed by atoms with E-state index in [0.717, 1.165) is 12.0 Å². The number of thiocarbonyl (C=S) groups is 1. The van der Waals surface area contributed by atoms with Gasteiger partial charge in [0.05, 0.1) is 0 Å². The number of nitrogens with zero attached hydrogens (tertiary/aromatic N) is 1. The molecule has 0 aliphatic heterocycles. The summed E-state index contributed by atoms with van der Waals surface area (Å²) < 4.78 is 0. The molecule has 1 rings (SSSR count). The van der Waals surface area contributed by atoms with Gasteiger partial charge in [0.1, 0.15) is 11.3 Å². The normalized spacial score (nSPS) is 10.4. The van der Waals surface area contributed by atoms with Gasteiger partial charge in [-0.25, -0.2) is 0 Å². The number of hydrogen-bond acceptors (Lipinski definition) is 2. The molecule has 0 aliphatic rings. The van der Waals surface area contributed by atoms with Crippen LogP contribution in [0, 0.1) is 0 Å². The molecule has 0 aromatic heterocycles. The van der Waals surface area contributed by atoms with E-state index in [1.54, 1.807) is 0 Å². The van der Waals surface area contributed by atoms with E-state index in [1.165, 1.54) is 11.9 Å². The van der Waals surface area contributed by atoms with Crippen molar-refractivity contribution < 1.29 is 0 Å². The van der Waals surface area contributed by atoms with Gasteiger partial charge in [0, 0.05) is 5.56 Å². The van der Waals surface area contributed by atoms with Gasteiger partial charge in [-0.3, -0.25) is 5.43 Å². The number of aryl methyl sites for hydroxylation is 1. The van der Waals surface area contributed by atoms with E-state index in [4.69, 9.17) is 18.0 Å². The molecule has 0 amide bonds. The van der Waals surface area contributed by atoms with Crippen molar-refractivity contribution in [3.8, 4) is 0 Å². The van der Waals surface area contributed by atoms with Gasteiger partial charge in [-0.15, -0.1) is 0 Å². The Balaban J connectivity index is 2.71. The fourth-order valence-electron chi connectivity index (χ4n) is 1.05. The zero-order valence-corrected chi connectivity index (χ0v) is 8.84. The highest BCUT2D eigenvalue weighted by atomic mass is 32.1. The van der Waals surface area contributed by atoms with Crippen LogP contribution < -0.4 is 11.2 Å². The highest BCUT2D eigenvalue weighted by molar-refractivity contribution is 7.80. The van der Waals surface area contributed by atoms with E-state index in [9.17, 15) is 0 Å². The third kappa shape index (κ3) is 2.81. The molecule has 3 N–H and O–H groups in total. The summed E-state index contributed by atoms with van der Waals surface area (Å²) in [5.74, 6) is 0. The third-order valence-corrected chi connectivity index (χ3v) is 2.19. The van der Waals surface area contributed by atoms with Crippen LogP contribution >= 0.6 is 12.2 Å². The van der Waals surface area contributed by atoms with Gasteiger partial charge < -0.3 is 5.73 Å². The molecule has 0 aliphatic carbocycles. The Labute approximate surface area is 89.0 Å². The lowest BCUT2D eigenvalue weighted by molar-refractivity contribution is 1.05. The zero-order valence-electron chi connectivity index (χ0n) is 8.03. The number of hydrazone groups is 1. The molecule has 0 radical (unpaired) electrons. The lowest BCUT2D eigenvalue weighted by atomic mass is 10.1. The lowest BCUT2D eigenvalue weighted by Gasteiger charge is -2.03. The quantitative estimate of drug-likeness (QED) is 0.341. The summed E-state index contributed by atoms with van der Waals surface area (Å²) in [6.07, 6.45) is 2.20. The van der Waals surface area contributed by atoms with Crippen molar-refractivity contribution in [2.45, 2.75) is 13.3 Å². The predicted molar refractivity (Wildman–Crippen MR) is 63.3 cm³/mol. The molecule has 1 aromatic rings. The minimum atomic E-state index is 0.578. The molecular weight excluding hydrogens is 194 g/mol. The maximum absolute atomic E-state index is 5.09. The highest BCUT2D eigenvalue weighted by Gasteiger charge is 1.98. The van der Waals surface area contributed by atoms with E-state index in [-0.39, 0.29) is 0 Å². The van der Waals surface area contributed by atoms with Gasteiger partial charge in [-0.05, 0) is 12.0 Å². The average Bonchev–Trinajstić information content (AvgIpc) is 2.26. The fourth-order valence-corrected chi connectivity index (χ4v) is 1.24. The topological polar surface area (TPSA) is 50.4 Å². The molecule has 0 fully saturated rings. The first kappa shape index (κ1) is 10.7. The van der Waals surface area contributed by atoms with Crippen LogP contribution in [0.1, 0.15) is 18.1 Å². The number of hydrogen-bond donors (Lipinski definition) is 2. The first-order chi connectivity index (χ1) is 6.77. The molecule has 0 unspecified atom stereocenters. The van der Waals surface area contributed by atoms with Crippen LogP contribution in [0.3, 0.4) is 0 Å². The first-order valence-electron chi connectivity index (χ1n) is 4.40. The molecule has 74 valence electrons. The number of nitrogens with one attached hydrogen (secondary N) is 1. The average molecular weight is 207 g/mol. The van der Waals surface area contributed by atoms with Crippen molar-refractivity contribution >= 4 is 23.5 Å². The lowest BCUT2D eigenvalue weighted by Crippen LogP contribution is -2.17. The van der Waals surface area contributed by atoms with Gasteiger partial charge >= 0.3 is 0 Å². The minimum absolute atomic E-state index is 0.578. The van der Waals surface area contributed by atoms with Crippen LogP contribution in [-0.4, -0.2) is 11.3 Å². The van der Waals surface area contributed by atoms with Crippen LogP contribution in [0.5, 0.6) is 0 Å². The molecular formula is C10H13N3S. The molecule has 0 saturated heterocycles. The van der Waals surface area contributed by atoms with Crippen LogP contribution in [0.2, 0.25) is 0 Å². The van der Waals surface area contributed by atoms with E-state index >= 15 is 0 Å². The molecule has 4 heteroatoms. The van der Waals surface area contributed by atoms with E-state index in [1.807, 2.05) is 12.1 Å². The third-order valence-electron chi connectivity index (χ3n) is 1.87. The summed E-state index contributed by atoms with van der Waals surface area (Å²) in [6, 6.07) is 8.05. The Bertz CT molecular complexity index is 330. The van der Waals surface area contributed by atoms with E-state index in [0.29, 0.717) is 4.99 Å². The standard InChI is InChI=1S/C10H13N3S/c1-2-8-3-5-9(6-4-8)10(14)13-12-7-11/h3-7H,2H2,1H3,(H2,11,12)(H,13,14). The van der Waals surface area contributed by atoms with Crippen LogP contribution in [-0.2, 0) is 6.42 Å². The van der Waals surface area contributed by atoms with Crippen molar-refractivity contribution in [3.63, 3.8) is 0 Å². The second-order valence-electron chi connectivity index (χ2n) is 2.77. The van der Waals surface area contributed by atoms with Gasteiger partial charge in [0.15, 0.2) is 0 Å². The number of nitrogens with two attached hydrogens (primary N) is 1. The minimum Gasteiger partial charge on any atom is -0.388 e. The number of rotatable bonds is 3. The molecule has 0 heterocycles. The number of benzene rings is 1. The molecule has 0 saturated carbocycles. The highest BCUT2D eigenvalue weighted by Crippen LogP contribution is 2.05. The Morgan fingerprint density at radius 1 is 1.50 bits per heavy atom. The van der Waals surface area contributed by atoms with Gasteiger partial charge in [-0.1, -0.05) is 43.4 Å². The van der Waals surface area contributed by atoms with Crippen molar-refractivity contribution in [1.29, 1.82) is 0 Å². The maximum Gasteiger partial charge on any atom is 0.126 e. The summed E-state index contributed by atoms with van der Waals surface area (Å²) in [5, 5.41) is 3.65. The predicted octanol–water partition coefficient (Wildman–Crippen LogP) is 1.42. The second kappa shape index (κ2) is 5.34. The Morgan fingerprint density at radius 2 is 2.14 bits per heavy atom. The molecule has 1 aromatic carbocycles. The van der Waals surface area contributed by atoms with Crippen molar-refractivity contribution in [1.82, 2.24) is 5.43 Å². The Hall–Kier alpha value is -1.42. The van der Waals surface area contributed by atoms with E-state index < -0.39 is 0 Å². The Kier molecular flexibility index (Phi) is 4.07. The summed E-state index contributed by atoms with van der Waals surface area (Å²) in [5.41, 5.74) is 9.99. The molecule has 14 heavy (non-hydrogen) atoms. The monoisotopic (exact) mass is 207 g/mol. The largest absolute Gasteiger partial charge is 0.388 e. The maximum atomic E-state index is 5.09. The first-order valence-corrected chi connectivity index (χ1v) is 4.81. The van der Waals surface area contributed by atoms with Gasteiger partial charge in [0.25, 0.3) is 0 Å². The summed E-state index contributed by atoms with van der Waals surface area (Å²) in [7, 11) is 0. The van der Waals surface area contributed by atoms with Crippen molar-refractivity contribution in [2.24, 2.45) is 10.8 Å². The summed E-state index contributed by atoms with van der Waals surface area (Å²) in [4.78, 5) is 0.578. The summed E-state index contributed by atoms with van der Waals surface area (Å²) >= 11 is 5.09. The van der Waals surface area contributed by atoms with E-state index in [2.05, 4.69) is 29.6 Å². The second-order valence-corrected chi connectivity index (χ2v) is 3.18. The molecule has 0 spiro atoms. The fraction of sp³-hybridized carbons (Fsp3) is 0.200. The van der Waals surface area contributed by atoms with Crippen molar-refractivity contribution in [2.75, 3.05) is 0 Å². The van der Waals surface area contributed by atoms with Crippen LogP contribution in [0.15, 0.2) is 29.4 Å². The van der Waals surface area contributed by atoms with Gasteiger partial charge in [-0.2, -0.15) is 5.10 Å². The smallest absolute Gasteiger partial charge is 0.126 e. The van der Waals surface area contributed by atoms with Gasteiger partial charge in [0.2, 0.25) is 0 Å².